The van der Waals surface area contributed by atoms with E-state index < -0.39 is 5.54 Å². The minimum absolute atomic E-state index is 0.142. The summed E-state index contributed by atoms with van der Waals surface area (Å²) in [6, 6.07) is 6.80. The third kappa shape index (κ3) is 3.55. The van der Waals surface area contributed by atoms with Crippen LogP contribution in [0.5, 0.6) is 5.75 Å². The molecular formula is C12H18N2O2. The molecular weight excluding hydrogens is 204 g/mol. The van der Waals surface area contributed by atoms with Crippen LogP contribution in [0, 0.1) is 0 Å². The molecule has 1 amide bonds. The number of nitrogens with one attached hydrogen (secondary N) is 1. The van der Waals surface area contributed by atoms with Gasteiger partial charge in [0.25, 0.3) is 0 Å². The first-order chi connectivity index (χ1) is 7.44. The van der Waals surface area contributed by atoms with Crippen LogP contribution in [-0.2, 0) is 11.2 Å². The topological polar surface area (TPSA) is 75.3 Å². The van der Waals surface area contributed by atoms with Crippen molar-refractivity contribution in [2.75, 3.05) is 6.54 Å². The number of para-hydroxylation sites is 1. The van der Waals surface area contributed by atoms with Gasteiger partial charge in [-0.25, -0.2) is 0 Å². The molecule has 0 unspecified atom stereocenters. The van der Waals surface area contributed by atoms with Gasteiger partial charge in [0.2, 0.25) is 5.91 Å². The van der Waals surface area contributed by atoms with Crippen LogP contribution in [-0.4, -0.2) is 23.1 Å². The quantitative estimate of drug-likeness (QED) is 0.705. The summed E-state index contributed by atoms with van der Waals surface area (Å²) < 4.78 is 0. The largest absolute Gasteiger partial charge is 0.508 e. The molecule has 0 aliphatic rings. The van der Waals surface area contributed by atoms with Gasteiger partial charge in [0, 0.05) is 17.6 Å². The van der Waals surface area contributed by atoms with Crippen molar-refractivity contribution in [2.45, 2.75) is 25.8 Å². The van der Waals surface area contributed by atoms with E-state index in [0.717, 1.165) is 0 Å². The van der Waals surface area contributed by atoms with E-state index in [1.807, 2.05) is 13.8 Å². The van der Waals surface area contributed by atoms with E-state index in [1.165, 1.54) is 0 Å². The molecule has 1 aromatic rings. The van der Waals surface area contributed by atoms with E-state index in [4.69, 9.17) is 5.73 Å². The summed E-state index contributed by atoms with van der Waals surface area (Å²) in [4.78, 5) is 11.7. The Morgan fingerprint density at radius 1 is 1.44 bits per heavy atom. The Labute approximate surface area is 95.5 Å². The molecule has 16 heavy (non-hydrogen) atoms. The van der Waals surface area contributed by atoms with Gasteiger partial charge in [-0.1, -0.05) is 18.2 Å². The molecule has 0 heterocycles. The molecule has 1 aromatic carbocycles. The maximum absolute atomic E-state index is 11.7. The van der Waals surface area contributed by atoms with Gasteiger partial charge in [-0.15, -0.1) is 0 Å². The molecule has 0 aliphatic heterocycles. The number of aromatic hydroxyl groups is 1. The first-order valence-corrected chi connectivity index (χ1v) is 5.22. The van der Waals surface area contributed by atoms with Gasteiger partial charge >= 0.3 is 0 Å². The number of benzene rings is 1. The third-order valence-electron chi connectivity index (χ3n) is 2.33. The van der Waals surface area contributed by atoms with Crippen molar-refractivity contribution in [3.63, 3.8) is 0 Å². The maximum atomic E-state index is 11.7. The number of carbonyl (C=O) groups excluding carboxylic acids is 1. The Morgan fingerprint density at radius 3 is 2.62 bits per heavy atom. The van der Waals surface area contributed by atoms with E-state index in [9.17, 15) is 9.90 Å². The monoisotopic (exact) mass is 222 g/mol. The van der Waals surface area contributed by atoms with E-state index in [0.29, 0.717) is 12.1 Å². The minimum Gasteiger partial charge on any atom is -0.508 e. The Kier molecular flexibility index (Phi) is 3.90. The van der Waals surface area contributed by atoms with Crippen LogP contribution in [0.1, 0.15) is 19.4 Å². The predicted octanol–water partition coefficient (Wildman–Crippen LogP) is 0.788. The number of hydrogen-bond donors (Lipinski definition) is 3. The molecule has 4 N–H and O–H groups in total. The summed E-state index contributed by atoms with van der Waals surface area (Å²) in [5.41, 5.74) is 5.72. The molecule has 1 rings (SSSR count). The van der Waals surface area contributed by atoms with E-state index in [2.05, 4.69) is 5.32 Å². The standard InChI is InChI=1S/C12H18N2O2/c1-12(2,8-13)14-11(16)7-9-5-3-4-6-10(9)15/h3-6,15H,7-8,13H2,1-2H3,(H,14,16). The molecule has 0 saturated carbocycles. The first-order valence-electron chi connectivity index (χ1n) is 5.22. The van der Waals surface area contributed by atoms with Crippen molar-refractivity contribution >= 4 is 5.91 Å². The number of carbonyl (C=O) groups is 1. The van der Waals surface area contributed by atoms with Crippen molar-refractivity contribution < 1.29 is 9.90 Å². The Hall–Kier alpha value is -1.55. The molecule has 0 spiro atoms. The zero-order chi connectivity index (χ0) is 12.2. The van der Waals surface area contributed by atoms with Crippen LogP contribution >= 0.6 is 0 Å². The van der Waals surface area contributed by atoms with Crippen LogP contribution < -0.4 is 11.1 Å². The highest BCUT2D eigenvalue weighted by Crippen LogP contribution is 2.16. The zero-order valence-corrected chi connectivity index (χ0v) is 9.66. The zero-order valence-electron chi connectivity index (χ0n) is 9.66. The normalized spacial score (nSPS) is 11.2. The Morgan fingerprint density at radius 2 is 2.06 bits per heavy atom. The summed E-state index contributed by atoms with van der Waals surface area (Å²) in [6.45, 7) is 4.09. The fraction of sp³-hybridized carbons (Fsp3) is 0.417. The summed E-state index contributed by atoms with van der Waals surface area (Å²) in [7, 11) is 0. The highest BCUT2D eigenvalue weighted by Gasteiger charge is 2.18. The van der Waals surface area contributed by atoms with Crippen LogP contribution in [0.4, 0.5) is 0 Å². The van der Waals surface area contributed by atoms with Gasteiger partial charge in [0.1, 0.15) is 5.75 Å². The smallest absolute Gasteiger partial charge is 0.225 e. The lowest BCUT2D eigenvalue weighted by Crippen LogP contribution is -2.49. The van der Waals surface area contributed by atoms with Crippen LogP contribution in [0.15, 0.2) is 24.3 Å². The lowest BCUT2D eigenvalue weighted by molar-refractivity contribution is -0.121. The SMILES string of the molecule is CC(C)(CN)NC(=O)Cc1ccccc1O. The average molecular weight is 222 g/mol. The van der Waals surface area contributed by atoms with Gasteiger partial charge in [0.05, 0.1) is 6.42 Å². The lowest BCUT2D eigenvalue weighted by atomic mass is 10.0. The van der Waals surface area contributed by atoms with Crippen molar-refractivity contribution in [1.82, 2.24) is 5.32 Å². The number of phenols is 1. The Balaban J connectivity index is 2.62. The van der Waals surface area contributed by atoms with Gasteiger partial charge in [-0.2, -0.15) is 0 Å². The van der Waals surface area contributed by atoms with Crippen LogP contribution in [0.3, 0.4) is 0 Å². The van der Waals surface area contributed by atoms with Crippen LogP contribution in [0.2, 0.25) is 0 Å². The lowest BCUT2D eigenvalue weighted by Gasteiger charge is -2.24. The molecule has 0 radical (unpaired) electrons. The predicted molar refractivity (Wildman–Crippen MR) is 63.1 cm³/mol. The van der Waals surface area contributed by atoms with Gasteiger partial charge in [-0.3, -0.25) is 4.79 Å². The van der Waals surface area contributed by atoms with Crippen molar-refractivity contribution in [3.05, 3.63) is 29.8 Å². The first kappa shape index (κ1) is 12.5. The van der Waals surface area contributed by atoms with Gasteiger partial charge in [0.15, 0.2) is 0 Å². The maximum Gasteiger partial charge on any atom is 0.225 e. The second-order valence-electron chi connectivity index (χ2n) is 4.44. The Bertz CT molecular complexity index is 375. The fourth-order valence-corrected chi connectivity index (χ4v) is 1.31. The second kappa shape index (κ2) is 4.99. The molecule has 0 aromatic heterocycles. The van der Waals surface area contributed by atoms with Crippen LogP contribution in [0.25, 0.3) is 0 Å². The summed E-state index contributed by atoms with van der Waals surface area (Å²) in [6.07, 6.45) is 0.163. The van der Waals surface area contributed by atoms with E-state index in [1.54, 1.807) is 24.3 Å². The molecule has 0 saturated heterocycles. The number of phenolic OH excluding ortho intramolecular Hbond substituents is 1. The molecule has 0 aliphatic carbocycles. The van der Waals surface area contributed by atoms with Gasteiger partial charge < -0.3 is 16.2 Å². The second-order valence-corrected chi connectivity index (χ2v) is 4.44. The summed E-state index contributed by atoms with van der Waals surface area (Å²) in [5, 5.41) is 12.3. The number of hydrogen-bond acceptors (Lipinski definition) is 3. The van der Waals surface area contributed by atoms with Crippen molar-refractivity contribution in [2.24, 2.45) is 5.73 Å². The van der Waals surface area contributed by atoms with E-state index >= 15 is 0 Å². The molecule has 0 bridgehead atoms. The highest BCUT2D eigenvalue weighted by molar-refractivity contribution is 5.80. The van der Waals surface area contributed by atoms with Gasteiger partial charge in [-0.05, 0) is 19.9 Å². The molecule has 88 valence electrons. The van der Waals surface area contributed by atoms with Crippen molar-refractivity contribution in [1.29, 1.82) is 0 Å². The molecule has 0 atom stereocenters. The third-order valence-corrected chi connectivity index (χ3v) is 2.33. The van der Waals surface area contributed by atoms with E-state index in [-0.39, 0.29) is 18.1 Å². The number of rotatable bonds is 4. The molecule has 4 heteroatoms. The summed E-state index contributed by atoms with van der Waals surface area (Å²) >= 11 is 0. The minimum atomic E-state index is -0.415. The number of amides is 1. The molecule has 4 nitrogen and oxygen atoms in total. The molecule has 0 fully saturated rings. The highest BCUT2D eigenvalue weighted by atomic mass is 16.3. The fourth-order valence-electron chi connectivity index (χ4n) is 1.31. The van der Waals surface area contributed by atoms with Crippen molar-refractivity contribution in [3.8, 4) is 5.75 Å². The average Bonchev–Trinajstić information content (AvgIpc) is 2.21. The summed E-state index contributed by atoms with van der Waals surface area (Å²) in [5.74, 6) is 0.000143. The number of nitrogens with two attached hydrogens (primary N) is 1.